The Kier molecular flexibility index (Phi) is 5.42. The molecule has 0 spiro atoms. The lowest BCUT2D eigenvalue weighted by Gasteiger charge is -2.11. The molecule has 2 aliphatic rings. The van der Waals surface area contributed by atoms with E-state index in [9.17, 15) is 14.4 Å². The highest BCUT2D eigenvalue weighted by Crippen LogP contribution is 2.18. The molecule has 2 N–H and O–H groups in total. The van der Waals surface area contributed by atoms with Gasteiger partial charge in [0.1, 0.15) is 0 Å². The van der Waals surface area contributed by atoms with Crippen molar-refractivity contribution in [3.8, 4) is 0 Å². The predicted octanol–water partition coefficient (Wildman–Crippen LogP) is 0.798. The Morgan fingerprint density at radius 3 is 2.56 bits per heavy atom. The molecule has 1 aliphatic heterocycles. The van der Waals surface area contributed by atoms with Crippen molar-refractivity contribution < 1.29 is 14.4 Å². The summed E-state index contributed by atoms with van der Waals surface area (Å²) in [6, 6.07) is 10.0. The van der Waals surface area contributed by atoms with E-state index >= 15 is 0 Å². The van der Waals surface area contributed by atoms with E-state index in [1.165, 1.54) is 5.01 Å². The molecule has 0 atom stereocenters. The summed E-state index contributed by atoms with van der Waals surface area (Å²) in [5.41, 5.74) is 1.90. The van der Waals surface area contributed by atoms with Crippen LogP contribution in [-0.4, -0.2) is 47.6 Å². The highest BCUT2D eigenvalue weighted by atomic mass is 16.2. The van der Waals surface area contributed by atoms with Gasteiger partial charge < -0.3 is 10.6 Å². The zero-order valence-corrected chi connectivity index (χ0v) is 14.0. The number of hydrogen-bond acceptors (Lipinski definition) is 4. The fourth-order valence-electron chi connectivity index (χ4n) is 2.59. The summed E-state index contributed by atoms with van der Waals surface area (Å²) < 4.78 is 0. The summed E-state index contributed by atoms with van der Waals surface area (Å²) in [6.45, 7) is 0.498. The fraction of sp³-hybridized carbons (Fsp3) is 0.444. The molecule has 0 saturated heterocycles. The van der Waals surface area contributed by atoms with Gasteiger partial charge in [-0.05, 0) is 18.4 Å². The van der Waals surface area contributed by atoms with Crippen molar-refractivity contribution in [3.05, 3.63) is 35.9 Å². The molecule has 0 unspecified atom stereocenters. The number of rotatable bonds is 7. The normalized spacial score (nSPS) is 16.3. The van der Waals surface area contributed by atoms with Crippen LogP contribution < -0.4 is 10.6 Å². The fourth-order valence-corrected chi connectivity index (χ4v) is 2.59. The van der Waals surface area contributed by atoms with E-state index in [0.717, 1.165) is 24.1 Å². The Hall–Kier alpha value is -2.70. The van der Waals surface area contributed by atoms with Crippen LogP contribution in [0.25, 0.3) is 0 Å². The van der Waals surface area contributed by atoms with Gasteiger partial charge in [-0.1, -0.05) is 30.3 Å². The molecule has 0 radical (unpaired) electrons. The second kappa shape index (κ2) is 7.92. The van der Waals surface area contributed by atoms with E-state index in [1.54, 1.807) is 0 Å². The summed E-state index contributed by atoms with van der Waals surface area (Å²) in [7, 11) is 0. The maximum absolute atomic E-state index is 12.2. The molecule has 132 valence electrons. The van der Waals surface area contributed by atoms with Crippen LogP contribution in [0.15, 0.2) is 35.4 Å². The SMILES string of the molecule is O=C(CCC(=O)N1CCC(c2ccccc2)=N1)NCC(=O)NC1CC1. The molecule has 0 aromatic heterocycles. The third-order valence-corrected chi connectivity index (χ3v) is 4.15. The van der Waals surface area contributed by atoms with Gasteiger partial charge in [0.15, 0.2) is 0 Å². The van der Waals surface area contributed by atoms with Gasteiger partial charge >= 0.3 is 0 Å². The number of hydrazone groups is 1. The molecule has 1 saturated carbocycles. The van der Waals surface area contributed by atoms with Crippen LogP contribution in [0.5, 0.6) is 0 Å². The summed E-state index contributed by atoms with van der Waals surface area (Å²) in [5.74, 6) is -0.659. The molecule has 1 heterocycles. The predicted molar refractivity (Wildman–Crippen MR) is 92.7 cm³/mol. The van der Waals surface area contributed by atoms with Gasteiger partial charge in [-0.25, -0.2) is 5.01 Å². The first-order valence-electron chi connectivity index (χ1n) is 8.61. The lowest BCUT2D eigenvalue weighted by Crippen LogP contribution is -2.38. The number of nitrogens with one attached hydrogen (secondary N) is 2. The number of carbonyl (C=O) groups is 3. The summed E-state index contributed by atoms with van der Waals surface area (Å²) in [5, 5.41) is 11.1. The Labute approximate surface area is 146 Å². The van der Waals surface area contributed by atoms with Gasteiger partial charge in [0.25, 0.3) is 0 Å². The van der Waals surface area contributed by atoms with Gasteiger partial charge in [0.05, 0.1) is 18.8 Å². The van der Waals surface area contributed by atoms with Gasteiger partial charge in [0, 0.05) is 25.3 Å². The van der Waals surface area contributed by atoms with Gasteiger partial charge in [-0.15, -0.1) is 0 Å². The minimum atomic E-state index is -0.300. The minimum absolute atomic E-state index is 0.0381. The van der Waals surface area contributed by atoms with Crippen LogP contribution in [0.3, 0.4) is 0 Å². The Morgan fingerprint density at radius 2 is 1.84 bits per heavy atom. The van der Waals surface area contributed by atoms with Crippen LogP contribution in [0, 0.1) is 0 Å². The van der Waals surface area contributed by atoms with Crippen LogP contribution in [0.2, 0.25) is 0 Å². The summed E-state index contributed by atoms with van der Waals surface area (Å²) in [6.07, 6.45) is 2.87. The van der Waals surface area contributed by atoms with E-state index in [2.05, 4.69) is 15.7 Å². The van der Waals surface area contributed by atoms with E-state index in [4.69, 9.17) is 0 Å². The molecule has 25 heavy (non-hydrogen) atoms. The monoisotopic (exact) mass is 342 g/mol. The molecule has 3 rings (SSSR count). The molecule has 7 nitrogen and oxygen atoms in total. The average Bonchev–Trinajstić information content (AvgIpc) is 3.30. The second-order valence-corrected chi connectivity index (χ2v) is 6.30. The molecular formula is C18H22N4O3. The standard InChI is InChI=1S/C18H22N4O3/c23-16(19-12-17(24)20-14-6-7-14)8-9-18(25)22-11-10-15(21-22)13-4-2-1-3-5-13/h1-5,14H,6-12H2,(H,19,23)(H,20,24). The second-order valence-electron chi connectivity index (χ2n) is 6.30. The highest BCUT2D eigenvalue weighted by Gasteiger charge is 2.24. The quantitative estimate of drug-likeness (QED) is 0.768. The van der Waals surface area contributed by atoms with E-state index < -0.39 is 0 Å². The van der Waals surface area contributed by atoms with E-state index in [1.807, 2.05) is 30.3 Å². The lowest BCUT2D eigenvalue weighted by molar-refractivity contribution is -0.133. The molecule has 7 heteroatoms. The number of amides is 3. The number of hydrogen-bond donors (Lipinski definition) is 2. The van der Waals surface area contributed by atoms with Gasteiger partial charge in [-0.3, -0.25) is 14.4 Å². The summed E-state index contributed by atoms with van der Waals surface area (Å²) >= 11 is 0. The molecule has 1 aliphatic carbocycles. The van der Waals surface area contributed by atoms with Crippen molar-refractivity contribution in [1.82, 2.24) is 15.6 Å². The van der Waals surface area contributed by atoms with Crippen molar-refractivity contribution in [3.63, 3.8) is 0 Å². The first-order valence-corrected chi connectivity index (χ1v) is 8.61. The number of benzene rings is 1. The van der Waals surface area contributed by atoms with Crippen LogP contribution in [0.4, 0.5) is 0 Å². The number of nitrogens with zero attached hydrogens (tertiary/aromatic N) is 2. The zero-order chi connectivity index (χ0) is 17.6. The van der Waals surface area contributed by atoms with Crippen molar-refractivity contribution in [2.75, 3.05) is 13.1 Å². The maximum atomic E-state index is 12.2. The Morgan fingerprint density at radius 1 is 1.08 bits per heavy atom. The van der Waals surface area contributed by atoms with Gasteiger partial charge in [-0.2, -0.15) is 5.10 Å². The van der Waals surface area contributed by atoms with E-state index in [-0.39, 0.29) is 43.1 Å². The first-order chi connectivity index (χ1) is 12.1. The van der Waals surface area contributed by atoms with Crippen LogP contribution in [0.1, 0.15) is 37.7 Å². The van der Waals surface area contributed by atoms with Crippen LogP contribution in [-0.2, 0) is 14.4 Å². The summed E-state index contributed by atoms with van der Waals surface area (Å²) in [4.78, 5) is 35.4. The molecule has 3 amide bonds. The number of carbonyl (C=O) groups excluding carboxylic acids is 3. The lowest BCUT2D eigenvalue weighted by atomic mass is 10.1. The van der Waals surface area contributed by atoms with Crippen LogP contribution >= 0.6 is 0 Å². The Bertz CT molecular complexity index is 683. The van der Waals surface area contributed by atoms with Crippen molar-refractivity contribution in [2.24, 2.45) is 5.10 Å². The van der Waals surface area contributed by atoms with E-state index in [0.29, 0.717) is 13.0 Å². The van der Waals surface area contributed by atoms with Gasteiger partial charge in [0.2, 0.25) is 17.7 Å². The highest BCUT2D eigenvalue weighted by molar-refractivity contribution is 6.02. The topological polar surface area (TPSA) is 90.9 Å². The molecule has 1 aromatic carbocycles. The van der Waals surface area contributed by atoms with Crippen molar-refractivity contribution >= 4 is 23.4 Å². The first kappa shape index (κ1) is 17.1. The third kappa shape index (κ3) is 5.14. The largest absolute Gasteiger partial charge is 0.352 e. The minimum Gasteiger partial charge on any atom is -0.352 e. The smallest absolute Gasteiger partial charge is 0.243 e. The van der Waals surface area contributed by atoms with Crippen molar-refractivity contribution in [2.45, 2.75) is 38.1 Å². The zero-order valence-electron chi connectivity index (χ0n) is 14.0. The molecular weight excluding hydrogens is 320 g/mol. The molecule has 1 fully saturated rings. The molecule has 0 bridgehead atoms. The maximum Gasteiger partial charge on any atom is 0.243 e. The molecule has 1 aromatic rings. The third-order valence-electron chi connectivity index (χ3n) is 4.15. The average molecular weight is 342 g/mol. The van der Waals surface area contributed by atoms with Crippen molar-refractivity contribution in [1.29, 1.82) is 0 Å². The Balaban J connectivity index is 1.39.